The van der Waals surface area contributed by atoms with Crippen molar-refractivity contribution >= 4 is 35.9 Å². The van der Waals surface area contributed by atoms with Crippen molar-refractivity contribution in [1.82, 2.24) is 15.5 Å². The van der Waals surface area contributed by atoms with Crippen molar-refractivity contribution in [1.29, 1.82) is 0 Å². The Morgan fingerprint density at radius 3 is 2.56 bits per heavy atom. The summed E-state index contributed by atoms with van der Waals surface area (Å²) >= 11 is 0. The van der Waals surface area contributed by atoms with Crippen LogP contribution >= 0.6 is 24.0 Å². The van der Waals surface area contributed by atoms with Gasteiger partial charge in [0.15, 0.2) is 5.96 Å². The standard InChI is InChI=1S/C20H30N4O2.HI/c1-21-20(22-13-15-7-9-16(10-8-15)19(25)26-2)23-17-11-12-24(14-17)18-5-3-4-6-18;/h7-10,17-18H,3-6,11-14H2,1-2H3,(H2,21,22,23);1H. The second-order valence-electron chi connectivity index (χ2n) is 7.18. The third kappa shape index (κ3) is 6.07. The Bertz CT molecular complexity index is 629. The molecule has 1 saturated carbocycles. The van der Waals surface area contributed by atoms with Gasteiger partial charge in [0, 0.05) is 38.8 Å². The molecular weight excluding hydrogens is 455 g/mol. The molecule has 2 aliphatic rings. The highest BCUT2D eigenvalue weighted by atomic mass is 127. The third-order valence-electron chi connectivity index (χ3n) is 5.46. The lowest BCUT2D eigenvalue weighted by Crippen LogP contribution is -2.45. The fourth-order valence-electron chi connectivity index (χ4n) is 3.96. The number of methoxy groups -OCH3 is 1. The van der Waals surface area contributed by atoms with Crippen LogP contribution in [0, 0.1) is 0 Å². The van der Waals surface area contributed by atoms with Crippen LogP contribution in [0.3, 0.4) is 0 Å². The van der Waals surface area contributed by atoms with Gasteiger partial charge in [0.25, 0.3) is 0 Å². The van der Waals surface area contributed by atoms with E-state index >= 15 is 0 Å². The minimum absolute atomic E-state index is 0. The molecule has 0 amide bonds. The average Bonchev–Trinajstić information content (AvgIpc) is 3.36. The van der Waals surface area contributed by atoms with E-state index in [4.69, 9.17) is 4.74 Å². The SMILES string of the molecule is CN=C(NCc1ccc(C(=O)OC)cc1)NC1CCN(C2CCCC2)C1.I. The number of guanidine groups is 1. The number of carbonyl (C=O) groups excluding carboxylic acids is 1. The highest BCUT2D eigenvalue weighted by Gasteiger charge is 2.30. The van der Waals surface area contributed by atoms with Crippen LogP contribution in [-0.4, -0.2) is 56.2 Å². The van der Waals surface area contributed by atoms with Crippen LogP contribution in [0.1, 0.15) is 48.0 Å². The van der Waals surface area contributed by atoms with Gasteiger partial charge in [-0.1, -0.05) is 25.0 Å². The van der Waals surface area contributed by atoms with E-state index in [1.165, 1.54) is 45.8 Å². The van der Waals surface area contributed by atoms with E-state index in [-0.39, 0.29) is 29.9 Å². The molecule has 0 bridgehead atoms. The van der Waals surface area contributed by atoms with E-state index in [9.17, 15) is 4.79 Å². The molecule has 0 radical (unpaired) electrons. The lowest BCUT2D eigenvalue weighted by Gasteiger charge is -2.24. The second kappa shape index (κ2) is 10.8. The molecule has 0 spiro atoms. The van der Waals surface area contributed by atoms with Crippen molar-refractivity contribution in [3.05, 3.63) is 35.4 Å². The topological polar surface area (TPSA) is 66.0 Å². The molecule has 1 unspecified atom stereocenters. The number of carbonyl (C=O) groups is 1. The van der Waals surface area contributed by atoms with Crippen molar-refractivity contribution in [2.24, 2.45) is 4.99 Å². The Balaban J connectivity index is 0.00000261. The summed E-state index contributed by atoms with van der Waals surface area (Å²) in [6.45, 7) is 2.97. The van der Waals surface area contributed by atoms with Crippen molar-refractivity contribution < 1.29 is 9.53 Å². The fourth-order valence-corrected chi connectivity index (χ4v) is 3.96. The van der Waals surface area contributed by atoms with Crippen molar-refractivity contribution in [2.75, 3.05) is 27.2 Å². The first-order chi connectivity index (χ1) is 12.7. The summed E-state index contributed by atoms with van der Waals surface area (Å²) in [7, 11) is 3.20. The molecule has 6 nitrogen and oxygen atoms in total. The van der Waals surface area contributed by atoms with Gasteiger partial charge in [-0.3, -0.25) is 9.89 Å². The number of halogens is 1. The Morgan fingerprint density at radius 2 is 1.93 bits per heavy atom. The molecule has 1 atom stereocenters. The summed E-state index contributed by atoms with van der Waals surface area (Å²) in [5.74, 6) is 0.523. The van der Waals surface area contributed by atoms with E-state index < -0.39 is 0 Å². The Labute approximate surface area is 179 Å². The summed E-state index contributed by atoms with van der Waals surface area (Å²) in [6.07, 6.45) is 6.67. The van der Waals surface area contributed by atoms with Gasteiger partial charge < -0.3 is 15.4 Å². The van der Waals surface area contributed by atoms with E-state index in [0.717, 1.165) is 24.1 Å². The predicted molar refractivity (Wildman–Crippen MR) is 119 cm³/mol. The van der Waals surface area contributed by atoms with Crippen LogP contribution in [-0.2, 0) is 11.3 Å². The van der Waals surface area contributed by atoms with Gasteiger partial charge in [0.05, 0.1) is 12.7 Å². The third-order valence-corrected chi connectivity index (χ3v) is 5.46. The molecule has 1 aliphatic heterocycles. The molecule has 1 saturated heterocycles. The quantitative estimate of drug-likeness (QED) is 0.290. The largest absolute Gasteiger partial charge is 0.465 e. The first-order valence-electron chi connectivity index (χ1n) is 9.58. The molecule has 7 heteroatoms. The molecule has 1 aliphatic carbocycles. The number of aliphatic imine (C=N–C) groups is 1. The van der Waals surface area contributed by atoms with Crippen LogP contribution in [0.5, 0.6) is 0 Å². The van der Waals surface area contributed by atoms with Crippen molar-refractivity contribution in [3.8, 4) is 0 Å². The zero-order chi connectivity index (χ0) is 18.4. The number of likely N-dealkylation sites (tertiary alicyclic amines) is 1. The van der Waals surface area contributed by atoms with E-state index in [1.807, 2.05) is 12.1 Å². The fraction of sp³-hybridized carbons (Fsp3) is 0.600. The summed E-state index contributed by atoms with van der Waals surface area (Å²) in [5.41, 5.74) is 1.66. The number of esters is 1. The molecule has 1 aromatic rings. The lowest BCUT2D eigenvalue weighted by atomic mass is 10.1. The molecule has 2 N–H and O–H groups in total. The van der Waals surface area contributed by atoms with Gasteiger partial charge in [-0.2, -0.15) is 0 Å². The monoisotopic (exact) mass is 486 g/mol. The molecule has 150 valence electrons. The number of nitrogens with zero attached hydrogens (tertiary/aromatic N) is 2. The Morgan fingerprint density at radius 1 is 1.22 bits per heavy atom. The summed E-state index contributed by atoms with van der Waals surface area (Å²) in [5, 5.41) is 6.92. The first-order valence-corrected chi connectivity index (χ1v) is 9.58. The average molecular weight is 486 g/mol. The molecular formula is C20H31IN4O2. The van der Waals surface area contributed by atoms with Gasteiger partial charge in [0.2, 0.25) is 0 Å². The predicted octanol–water partition coefficient (Wildman–Crippen LogP) is 2.77. The first kappa shape index (κ1) is 21.9. The number of nitrogens with one attached hydrogen (secondary N) is 2. The van der Waals surface area contributed by atoms with Gasteiger partial charge in [-0.25, -0.2) is 4.79 Å². The van der Waals surface area contributed by atoms with E-state index in [0.29, 0.717) is 18.2 Å². The van der Waals surface area contributed by atoms with Crippen LogP contribution < -0.4 is 10.6 Å². The molecule has 1 heterocycles. The number of hydrogen-bond donors (Lipinski definition) is 2. The summed E-state index contributed by atoms with van der Waals surface area (Å²) < 4.78 is 4.72. The number of rotatable bonds is 5. The number of benzene rings is 1. The molecule has 3 rings (SSSR count). The van der Waals surface area contributed by atoms with Gasteiger partial charge >= 0.3 is 5.97 Å². The highest BCUT2D eigenvalue weighted by molar-refractivity contribution is 14.0. The minimum atomic E-state index is -0.310. The summed E-state index contributed by atoms with van der Waals surface area (Å²) in [6, 6.07) is 8.70. The van der Waals surface area contributed by atoms with Crippen molar-refractivity contribution in [3.63, 3.8) is 0 Å². The van der Waals surface area contributed by atoms with Gasteiger partial charge in [-0.05, 0) is 37.0 Å². The van der Waals surface area contributed by atoms with E-state index in [1.54, 1.807) is 19.2 Å². The van der Waals surface area contributed by atoms with Crippen LogP contribution in [0.15, 0.2) is 29.3 Å². The maximum Gasteiger partial charge on any atom is 0.337 e. The number of hydrogen-bond acceptors (Lipinski definition) is 4. The minimum Gasteiger partial charge on any atom is -0.465 e. The Hall–Kier alpha value is -1.35. The molecule has 27 heavy (non-hydrogen) atoms. The van der Waals surface area contributed by atoms with Crippen LogP contribution in [0.4, 0.5) is 0 Å². The lowest BCUT2D eigenvalue weighted by molar-refractivity contribution is 0.0600. The number of ether oxygens (including phenoxy) is 1. The molecule has 0 aromatic heterocycles. The molecule has 2 fully saturated rings. The highest BCUT2D eigenvalue weighted by Crippen LogP contribution is 2.26. The van der Waals surface area contributed by atoms with E-state index in [2.05, 4.69) is 20.5 Å². The zero-order valence-corrected chi connectivity index (χ0v) is 18.6. The molecule has 1 aromatic carbocycles. The maximum absolute atomic E-state index is 11.5. The van der Waals surface area contributed by atoms with Crippen LogP contribution in [0.25, 0.3) is 0 Å². The smallest absolute Gasteiger partial charge is 0.337 e. The van der Waals surface area contributed by atoms with Crippen LogP contribution in [0.2, 0.25) is 0 Å². The summed E-state index contributed by atoms with van der Waals surface area (Å²) in [4.78, 5) is 18.5. The van der Waals surface area contributed by atoms with Crippen molar-refractivity contribution in [2.45, 2.75) is 50.7 Å². The van der Waals surface area contributed by atoms with Gasteiger partial charge in [-0.15, -0.1) is 24.0 Å². The zero-order valence-electron chi connectivity index (χ0n) is 16.2. The maximum atomic E-state index is 11.5. The van der Waals surface area contributed by atoms with Gasteiger partial charge in [0.1, 0.15) is 0 Å². The normalized spacial score (nSPS) is 21.0. The Kier molecular flexibility index (Phi) is 8.82. The second-order valence-corrected chi connectivity index (χ2v) is 7.18.